The Labute approximate surface area is 270 Å². The van der Waals surface area contributed by atoms with Gasteiger partial charge < -0.3 is 24.1 Å². The summed E-state index contributed by atoms with van der Waals surface area (Å²) in [6, 6.07) is 18.7. The van der Waals surface area contributed by atoms with Gasteiger partial charge in [-0.25, -0.2) is 9.78 Å². The Balaban J connectivity index is 1.61. The monoisotopic (exact) mass is 642 g/mol. The zero-order valence-corrected chi connectivity index (χ0v) is 27.0. The van der Waals surface area contributed by atoms with Crippen LogP contribution in [0.4, 0.5) is 5.13 Å². The molecule has 1 N–H and O–H groups in total. The Kier molecular flexibility index (Phi) is 9.72. The number of anilines is 1. The quantitative estimate of drug-likeness (QED) is 0.0839. The molecule has 0 aliphatic carbocycles. The number of aliphatic hydroxyl groups is 1. The summed E-state index contributed by atoms with van der Waals surface area (Å²) < 4.78 is 22.4. The molecule has 11 heteroatoms. The number of amides is 1. The van der Waals surface area contributed by atoms with Gasteiger partial charge in [0.25, 0.3) is 5.78 Å². The molecule has 0 radical (unpaired) electrons. The van der Waals surface area contributed by atoms with Gasteiger partial charge in [0.15, 0.2) is 16.6 Å². The van der Waals surface area contributed by atoms with Crippen LogP contribution in [0.2, 0.25) is 0 Å². The molecule has 1 aliphatic heterocycles. The third kappa shape index (κ3) is 6.32. The molecule has 1 aliphatic rings. The minimum Gasteiger partial charge on any atom is -0.507 e. The highest BCUT2D eigenvalue weighted by Gasteiger charge is 2.48. The van der Waals surface area contributed by atoms with E-state index in [2.05, 4.69) is 4.98 Å². The number of ether oxygens (including phenoxy) is 4. The molecule has 238 valence electrons. The van der Waals surface area contributed by atoms with E-state index in [-0.39, 0.29) is 27.9 Å². The molecule has 2 heterocycles. The van der Waals surface area contributed by atoms with Gasteiger partial charge in [-0.3, -0.25) is 14.5 Å². The summed E-state index contributed by atoms with van der Waals surface area (Å²) in [4.78, 5) is 46.0. The fraction of sp³-hybridized carbons (Fsp3) is 0.257. The number of aliphatic hydroxyl groups excluding tert-OH is 1. The maximum atomic E-state index is 13.7. The van der Waals surface area contributed by atoms with Crippen LogP contribution in [-0.4, -0.2) is 48.1 Å². The van der Waals surface area contributed by atoms with Gasteiger partial charge in [-0.15, -0.1) is 0 Å². The van der Waals surface area contributed by atoms with Crippen molar-refractivity contribution < 1.29 is 38.4 Å². The molecule has 1 aromatic heterocycles. The molecule has 0 spiro atoms. The molecular weight excluding hydrogens is 608 g/mol. The Morgan fingerprint density at radius 1 is 0.935 bits per heavy atom. The lowest BCUT2D eigenvalue weighted by molar-refractivity contribution is -0.132. The number of nitrogens with zero attached hydrogens (tertiary/aromatic N) is 2. The number of aromatic nitrogens is 1. The number of rotatable bonds is 11. The molecule has 4 aromatic rings. The van der Waals surface area contributed by atoms with E-state index in [0.717, 1.165) is 22.5 Å². The largest absolute Gasteiger partial charge is 0.507 e. The number of carbonyl (C=O) groups excluding carboxylic acids is 3. The van der Waals surface area contributed by atoms with Crippen molar-refractivity contribution >= 4 is 39.9 Å². The lowest BCUT2D eigenvalue weighted by Crippen LogP contribution is -2.29. The first-order chi connectivity index (χ1) is 22.2. The van der Waals surface area contributed by atoms with Gasteiger partial charge in [-0.05, 0) is 74.7 Å². The molecule has 1 amide bonds. The van der Waals surface area contributed by atoms with Crippen LogP contribution in [0.15, 0.2) is 72.3 Å². The second-order valence-electron chi connectivity index (χ2n) is 10.4. The summed E-state index contributed by atoms with van der Waals surface area (Å²) in [5, 5.41) is 11.8. The van der Waals surface area contributed by atoms with E-state index in [9.17, 15) is 19.5 Å². The summed E-state index contributed by atoms with van der Waals surface area (Å²) in [5.74, 6) is -1.28. The van der Waals surface area contributed by atoms with Crippen LogP contribution in [0.3, 0.4) is 0 Å². The first-order valence-corrected chi connectivity index (χ1v) is 15.5. The van der Waals surface area contributed by atoms with Crippen molar-refractivity contribution in [3.63, 3.8) is 0 Å². The van der Waals surface area contributed by atoms with Crippen molar-refractivity contribution in [3.8, 4) is 17.2 Å². The van der Waals surface area contributed by atoms with Crippen molar-refractivity contribution in [2.24, 2.45) is 0 Å². The second-order valence-corrected chi connectivity index (χ2v) is 11.4. The molecule has 5 rings (SSSR count). The normalized spacial score (nSPS) is 15.6. The highest BCUT2D eigenvalue weighted by molar-refractivity contribution is 7.17. The van der Waals surface area contributed by atoms with Crippen LogP contribution in [-0.2, 0) is 20.9 Å². The average molecular weight is 643 g/mol. The molecule has 0 bridgehead atoms. The van der Waals surface area contributed by atoms with Gasteiger partial charge in [0.05, 0.1) is 37.6 Å². The van der Waals surface area contributed by atoms with Crippen LogP contribution in [0.25, 0.3) is 5.76 Å². The van der Waals surface area contributed by atoms with Gasteiger partial charge in [0.2, 0.25) is 0 Å². The molecule has 0 unspecified atom stereocenters. The number of esters is 1. The van der Waals surface area contributed by atoms with Crippen molar-refractivity contribution in [1.82, 2.24) is 4.98 Å². The predicted molar refractivity (Wildman–Crippen MR) is 174 cm³/mol. The fourth-order valence-corrected chi connectivity index (χ4v) is 6.18. The summed E-state index contributed by atoms with van der Waals surface area (Å²) >= 11 is 0.938. The van der Waals surface area contributed by atoms with Gasteiger partial charge in [-0.1, -0.05) is 47.7 Å². The summed E-state index contributed by atoms with van der Waals surface area (Å²) in [6.07, 6.45) is 0. The number of carbonyl (C=O) groups is 3. The number of hydrogen-bond donors (Lipinski definition) is 1. The predicted octanol–water partition coefficient (Wildman–Crippen LogP) is 6.55. The SMILES string of the molecule is CCOC(=O)c1sc(N2C(=O)C(=O)C(=C(O)c3ccc(OCc4ccccc4)c(C)c3)[C@@H]2c2ccc(OCC)c(OC)c2)nc1C. The number of thiazole rings is 1. The Morgan fingerprint density at radius 3 is 2.35 bits per heavy atom. The van der Waals surface area contributed by atoms with Crippen molar-refractivity contribution in [2.45, 2.75) is 40.3 Å². The lowest BCUT2D eigenvalue weighted by atomic mass is 9.94. The van der Waals surface area contributed by atoms with Gasteiger partial charge in [0.1, 0.15) is 23.0 Å². The Bertz CT molecular complexity index is 1810. The average Bonchev–Trinajstić information content (AvgIpc) is 3.57. The Morgan fingerprint density at radius 2 is 1.67 bits per heavy atom. The highest BCUT2D eigenvalue weighted by Crippen LogP contribution is 2.45. The van der Waals surface area contributed by atoms with E-state index in [0.29, 0.717) is 47.3 Å². The van der Waals surface area contributed by atoms with Crippen LogP contribution in [0, 0.1) is 13.8 Å². The number of Topliss-reactive ketones (excluding diaryl/α,β-unsaturated/α-hetero) is 1. The number of aryl methyl sites for hydroxylation is 2. The maximum Gasteiger partial charge on any atom is 0.350 e. The van der Waals surface area contributed by atoms with Crippen LogP contribution >= 0.6 is 11.3 Å². The first-order valence-electron chi connectivity index (χ1n) is 14.7. The van der Waals surface area contributed by atoms with Crippen molar-refractivity contribution in [1.29, 1.82) is 0 Å². The zero-order chi connectivity index (χ0) is 33.0. The minimum atomic E-state index is -1.10. The third-order valence-corrected chi connectivity index (χ3v) is 8.52. The topological polar surface area (TPSA) is 124 Å². The van der Waals surface area contributed by atoms with Crippen molar-refractivity contribution in [3.05, 3.63) is 105 Å². The van der Waals surface area contributed by atoms with Crippen LogP contribution in [0.5, 0.6) is 17.2 Å². The van der Waals surface area contributed by atoms with E-state index in [1.54, 1.807) is 50.2 Å². The van der Waals surface area contributed by atoms with Gasteiger partial charge in [-0.2, -0.15) is 0 Å². The van der Waals surface area contributed by atoms with E-state index >= 15 is 0 Å². The number of hydrogen-bond acceptors (Lipinski definition) is 10. The summed E-state index contributed by atoms with van der Waals surface area (Å²) in [6.45, 7) is 7.91. The third-order valence-electron chi connectivity index (χ3n) is 7.39. The molecule has 1 fully saturated rings. The van der Waals surface area contributed by atoms with Gasteiger partial charge >= 0.3 is 11.9 Å². The van der Waals surface area contributed by atoms with E-state index in [1.807, 2.05) is 44.2 Å². The number of ketones is 1. The molecule has 46 heavy (non-hydrogen) atoms. The lowest BCUT2D eigenvalue weighted by Gasteiger charge is -2.24. The van der Waals surface area contributed by atoms with E-state index < -0.39 is 23.7 Å². The highest BCUT2D eigenvalue weighted by atomic mass is 32.1. The second kappa shape index (κ2) is 13.9. The summed E-state index contributed by atoms with van der Waals surface area (Å²) in [7, 11) is 1.48. The standard InChI is InChI=1S/C35H34N2O8S/c1-6-43-26-16-13-23(18-27(26)42-5)29-28(31(39)33(40)37(29)35-36-21(4)32(46-35)34(41)44-7-2)30(38)24-14-15-25(20(3)17-24)45-19-22-11-9-8-10-12-22/h8-18,29,38H,6-7,19H2,1-5H3/t29-/m0/s1. The minimum absolute atomic E-state index is 0.111. The molecule has 1 atom stereocenters. The smallest absolute Gasteiger partial charge is 0.350 e. The molecular formula is C35H34N2O8S. The molecule has 10 nitrogen and oxygen atoms in total. The first kappa shape index (κ1) is 32.2. The van der Waals surface area contributed by atoms with Gasteiger partial charge in [0, 0.05) is 5.56 Å². The zero-order valence-electron chi connectivity index (χ0n) is 26.2. The Hall–Kier alpha value is -5.16. The number of benzene rings is 3. The van der Waals surface area contributed by atoms with Crippen LogP contribution in [0.1, 0.15) is 57.5 Å². The summed E-state index contributed by atoms with van der Waals surface area (Å²) in [5.41, 5.74) is 2.73. The van der Waals surface area contributed by atoms with E-state index in [1.165, 1.54) is 12.0 Å². The fourth-order valence-electron chi connectivity index (χ4n) is 5.19. The molecule has 3 aromatic carbocycles. The molecule has 1 saturated heterocycles. The van der Waals surface area contributed by atoms with Crippen LogP contribution < -0.4 is 19.1 Å². The van der Waals surface area contributed by atoms with E-state index in [4.69, 9.17) is 18.9 Å². The maximum absolute atomic E-state index is 13.7. The molecule has 0 saturated carbocycles. The number of methoxy groups -OCH3 is 1. The van der Waals surface area contributed by atoms with Crippen molar-refractivity contribution in [2.75, 3.05) is 25.2 Å².